The number of halogens is 1. The van der Waals surface area contributed by atoms with Crippen LogP contribution < -0.4 is 5.73 Å². The molecule has 0 amide bonds. The van der Waals surface area contributed by atoms with Gasteiger partial charge in [-0.3, -0.25) is 0 Å². The van der Waals surface area contributed by atoms with Gasteiger partial charge in [-0.2, -0.15) is 0 Å². The van der Waals surface area contributed by atoms with Crippen LogP contribution in [-0.4, -0.2) is 6.54 Å². The Morgan fingerprint density at radius 1 is 1.58 bits per heavy atom. The predicted molar refractivity (Wildman–Crippen MR) is 49.2 cm³/mol. The van der Waals surface area contributed by atoms with Gasteiger partial charge >= 0.3 is 0 Å². The Bertz CT molecular complexity index is 305. The maximum Gasteiger partial charge on any atom is 0.133 e. The second kappa shape index (κ2) is 3.50. The lowest BCUT2D eigenvalue weighted by Gasteiger charge is -2.05. The van der Waals surface area contributed by atoms with Crippen molar-refractivity contribution in [3.63, 3.8) is 0 Å². The Morgan fingerprint density at radius 3 is 2.83 bits per heavy atom. The Morgan fingerprint density at radius 2 is 2.25 bits per heavy atom. The molecular formula is C10H12FN. The summed E-state index contributed by atoms with van der Waals surface area (Å²) < 4.78 is 13.3. The van der Waals surface area contributed by atoms with Crippen LogP contribution in [0.1, 0.15) is 11.1 Å². The molecule has 1 aromatic rings. The first-order valence-electron chi connectivity index (χ1n) is 3.80. The molecule has 12 heavy (non-hydrogen) atoms. The highest BCUT2D eigenvalue weighted by atomic mass is 19.1. The van der Waals surface area contributed by atoms with Gasteiger partial charge in [0.1, 0.15) is 5.82 Å². The number of hydrogen-bond acceptors (Lipinski definition) is 1. The Labute approximate surface area is 71.7 Å². The summed E-state index contributed by atoms with van der Waals surface area (Å²) in [6, 6.07) is 5.22. The van der Waals surface area contributed by atoms with Gasteiger partial charge in [-0.1, -0.05) is 24.8 Å². The van der Waals surface area contributed by atoms with E-state index in [0.717, 1.165) is 0 Å². The molecule has 1 rings (SSSR count). The zero-order chi connectivity index (χ0) is 9.14. The molecular weight excluding hydrogens is 153 g/mol. The molecule has 0 radical (unpaired) electrons. The van der Waals surface area contributed by atoms with Crippen LogP contribution in [0.15, 0.2) is 24.8 Å². The first-order valence-corrected chi connectivity index (χ1v) is 3.80. The van der Waals surface area contributed by atoms with Gasteiger partial charge in [0.25, 0.3) is 0 Å². The van der Waals surface area contributed by atoms with Crippen LogP contribution in [0.4, 0.5) is 4.39 Å². The van der Waals surface area contributed by atoms with Gasteiger partial charge in [0.2, 0.25) is 0 Å². The smallest absolute Gasteiger partial charge is 0.133 e. The molecule has 1 nitrogen and oxygen atoms in total. The molecule has 0 aliphatic heterocycles. The molecule has 1 aromatic carbocycles. The third-order valence-corrected chi connectivity index (χ3v) is 1.82. The summed E-state index contributed by atoms with van der Waals surface area (Å²) in [6.45, 7) is 5.70. The topological polar surface area (TPSA) is 26.0 Å². The zero-order valence-corrected chi connectivity index (χ0v) is 7.10. The lowest BCUT2D eigenvalue weighted by molar-refractivity contribution is 0.614. The van der Waals surface area contributed by atoms with Crippen LogP contribution in [0, 0.1) is 12.7 Å². The van der Waals surface area contributed by atoms with Crippen molar-refractivity contribution in [2.45, 2.75) is 6.92 Å². The minimum atomic E-state index is -0.215. The number of benzene rings is 1. The molecule has 0 unspecified atom stereocenters. The molecule has 64 valence electrons. The molecule has 2 heteroatoms. The summed E-state index contributed by atoms with van der Waals surface area (Å²) in [5.41, 5.74) is 7.14. The minimum absolute atomic E-state index is 0.215. The summed E-state index contributed by atoms with van der Waals surface area (Å²) in [4.78, 5) is 0. The van der Waals surface area contributed by atoms with E-state index in [4.69, 9.17) is 5.73 Å². The molecule has 2 N–H and O–H groups in total. The monoisotopic (exact) mass is 165 g/mol. The maximum absolute atomic E-state index is 13.3. The van der Waals surface area contributed by atoms with Crippen molar-refractivity contribution in [1.82, 2.24) is 0 Å². The standard InChI is InChI=1S/C10H12FN/c1-7-4-3-5-9(10(7)11)8(2)6-12/h3-5H,2,6,12H2,1H3. The van der Waals surface area contributed by atoms with Crippen LogP contribution in [0.5, 0.6) is 0 Å². The van der Waals surface area contributed by atoms with Gasteiger partial charge < -0.3 is 5.73 Å². The van der Waals surface area contributed by atoms with E-state index in [9.17, 15) is 4.39 Å². The molecule has 0 aliphatic carbocycles. The van der Waals surface area contributed by atoms with E-state index in [2.05, 4.69) is 6.58 Å². The van der Waals surface area contributed by atoms with Crippen molar-refractivity contribution in [3.05, 3.63) is 41.7 Å². The number of hydrogen-bond donors (Lipinski definition) is 1. The lowest BCUT2D eigenvalue weighted by atomic mass is 10.0. The Balaban J connectivity index is 3.16. The molecule has 0 bridgehead atoms. The van der Waals surface area contributed by atoms with Crippen molar-refractivity contribution in [3.8, 4) is 0 Å². The summed E-state index contributed by atoms with van der Waals surface area (Å²) in [6.07, 6.45) is 0. The highest BCUT2D eigenvalue weighted by molar-refractivity contribution is 5.65. The van der Waals surface area contributed by atoms with Crippen molar-refractivity contribution in [2.75, 3.05) is 6.54 Å². The Hall–Kier alpha value is -1.15. The number of aryl methyl sites for hydroxylation is 1. The fourth-order valence-corrected chi connectivity index (χ4v) is 1.03. The molecule has 0 fully saturated rings. The van der Waals surface area contributed by atoms with Crippen LogP contribution in [0.2, 0.25) is 0 Å². The van der Waals surface area contributed by atoms with Gasteiger partial charge in [-0.05, 0) is 18.1 Å². The molecule has 0 aliphatic rings. The number of nitrogens with two attached hydrogens (primary N) is 1. The zero-order valence-electron chi connectivity index (χ0n) is 7.10. The molecule has 0 atom stereocenters. The van der Waals surface area contributed by atoms with E-state index in [1.807, 2.05) is 0 Å². The first-order chi connectivity index (χ1) is 5.66. The summed E-state index contributed by atoms with van der Waals surface area (Å²) in [5.74, 6) is -0.215. The third-order valence-electron chi connectivity index (χ3n) is 1.82. The minimum Gasteiger partial charge on any atom is -0.326 e. The van der Waals surface area contributed by atoms with Gasteiger partial charge in [-0.25, -0.2) is 4.39 Å². The molecule has 0 spiro atoms. The molecule has 0 saturated carbocycles. The fraction of sp³-hybridized carbons (Fsp3) is 0.200. The quantitative estimate of drug-likeness (QED) is 0.713. The van der Waals surface area contributed by atoms with Gasteiger partial charge in [0.15, 0.2) is 0 Å². The Kier molecular flexibility index (Phi) is 2.61. The van der Waals surface area contributed by atoms with Gasteiger partial charge in [0.05, 0.1) is 0 Å². The largest absolute Gasteiger partial charge is 0.326 e. The summed E-state index contributed by atoms with van der Waals surface area (Å²) in [7, 11) is 0. The molecule has 0 heterocycles. The lowest BCUT2D eigenvalue weighted by Crippen LogP contribution is -2.03. The van der Waals surface area contributed by atoms with E-state index in [0.29, 0.717) is 23.2 Å². The highest BCUT2D eigenvalue weighted by Crippen LogP contribution is 2.17. The fourth-order valence-electron chi connectivity index (χ4n) is 1.03. The first kappa shape index (κ1) is 8.94. The van der Waals surface area contributed by atoms with Crippen LogP contribution in [0.25, 0.3) is 5.57 Å². The van der Waals surface area contributed by atoms with Gasteiger partial charge in [-0.15, -0.1) is 0 Å². The highest BCUT2D eigenvalue weighted by Gasteiger charge is 2.05. The molecule has 0 saturated heterocycles. The second-order valence-electron chi connectivity index (χ2n) is 2.74. The summed E-state index contributed by atoms with van der Waals surface area (Å²) >= 11 is 0. The van der Waals surface area contributed by atoms with Crippen LogP contribution >= 0.6 is 0 Å². The van der Waals surface area contributed by atoms with E-state index in [-0.39, 0.29) is 5.82 Å². The number of rotatable bonds is 2. The van der Waals surface area contributed by atoms with E-state index in [1.165, 1.54) is 0 Å². The van der Waals surface area contributed by atoms with Crippen molar-refractivity contribution < 1.29 is 4.39 Å². The third kappa shape index (κ3) is 1.53. The normalized spacial score (nSPS) is 9.92. The average molecular weight is 165 g/mol. The van der Waals surface area contributed by atoms with E-state index >= 15 is 0 Å². The van der Waals surface area contributed by atoms with Crippen molar-refractivity contribution in [2.24, 2.45) is 5.73 Å². The van der Waals surface area contributed by atoms with E-state index < -0.39 is 0 Å². The van der Waals surface area contributed by atoms with Crippen molar-refractivity contribution in [1.29, 1.82) is 0 Å². The second-order valence-corrected chi connectivity index (χ2v) is 2.74. The van der Waals surface area contributed by atoms with Crippen LogP contribution in [0.3, 0.4) is 0 Å². The molecule has 0 aromatic heterocycles. The van der Waals surface area contributed by atoms with Crippen molar-refractivity contribution >= 4 is 5.57 Å². The SMILES string of the molecule is C=C(CN)c1cccc(C)c1F. The summed E-state index contributed by atoms with van der Waals surface area (Å²) in [5, 5.41) is 0. The van der Waals surface area contributed by atoms with Crippen LogP contribution in [-0.2, 0) is 0 Å². The predicted octanol–water partition coefficient (Wildman–Crippen LogP) is 2.11. The maximum atomic E-state index is 13.3. The van der Waals surface area contributed by atoms with E-state index in [1.54, 1.807) is 25.1 Å². The average Bonchev–Trinajstić information content (AvgIpc) is 2.08. The van der Waals surface area contributed by atoms with Gasteiger partial charge in [0, 0.05) is 12.1 Å².